The number of carbonyl (C=O) groups excluding carboxylic acids is 1. The van der Waals surface area contributed by atoms with E-state index in [1.165, 1.54) is 11.3 Å². The summed E-state index contributed by atoms with van der Waals surface area (Å²) in [5, 5.41) is 6.99. The number of carbonyl (C=O) groups is 1. The predicted molar refractivity (Wildman–Crippen MR) is 118 cm³/mol. The minimum absolute atomic E-state index is 0.00942. The molecule has 0 saturated carbocycles. The molecule has 1 aliphatic rings. The standard InChI is InChI=1S/C24H28N4O2/c1-24(2,3)23-26-22(30-27-23)10-6-9-21(29)25-18-11-13-19(14-12-18)28-16-15-17-7-4-5-8-20(17)28/h4-5,7-8,11-14H,6,9-10,15-16H2,1-3H3,(H,25,29). The molecular formula is C24H28N4O2. The third-order valence-electron chi connectivity index (χ3n) is 5.28. The molecule has 0 saturated heterocycles. The molecule has 0 fully saturated rings. The third kappa shape index (κ3) is 4.53. The van der Waals surface area contributed by atoms with Gasteiger partial charge in [-0.2, -0.15) is 4.98 Å². The van der Waals surface area contributed by atoms with Gasteiger partial charge in [0, 0.05) is 41.9 Å². The number of benzene rings is 2. The molecule has 4 rings (SSSR count). The van der Waals surface area contributed by atoms with Crippen LogP contribution in [0, 0.1) is 0 Å². The van der Waals surface area contributed by atoms with Gasteiger partial charge in [0.25, 0.3) is 0 Å². The molecule has 156 valence electrons. The van der Waals surface area contributed by atoms with Crippen molar-refractivity contribution in [2.75, 3.05) is 16.8 Å². The second kappa shape index (κ2) is 8.30. The number of nitrogens with zero attached hydrogens (tertiary/aromatic N) is 3. The van der Waals surface area contributed by atoms with Crippen LogP contribution in [0.3, 0.4) is 0 Å². The van der Waals surface area contributed by atoms with Crippen molar-refractivity contribution in [3.05, 3.63) is 65.8 Å². The van der Waals surface area contributed by atoms with Gasteiger partial charge >= 0.3 is 0 Å². The highest BCUT2D eigenvalue weighted by Gasteiger charge is 2.21. The maximum atomic E-state index is 12.3. The van der Waals surface area contributed by atoms with Crippen molar-refractivity contribution in [1.82, 2.24) is 10.1 Å². The molecule has 0 spiro atoms. The number of rotatable bonds is 6. The lowest BCUT2D eigenvalue weighted by Crippen LogP contribution is -2.14. The van der Waals surface area contributed by atoms with Gasteiger partial charge in [-0.05, 0) is 48.7 Å². The van der Waals surface area contributed by atoms with E-state index in [1.807, 2.05) is 32.9 Å². The van der Waals surface area contributed by atoms with E-state index in [9.17, 15) is 4.79 Å². The Kier molecular flexibility index (Phi) is 5.57. The fourth-order valence-electron chi connectivity index (χ4n) is 3.62. The van der Waals surface area contributed by atoms with Gasteiger partial charge in [0.15, 0.2) is 5.82 Å². The normalized spacial score (nSPS) is 13.4. The quantitative estimate of drug-likeness (QED) is 0.624. The van der Waals surface area contributed by atoms with E-state index in [2.05, 4.69) is 56.8 Å². The van der Waals surface area contributed by atoms with E-state index in [4.69, 9.17) is 4.52 Å². The molecule has 3 aromatic rings. The van der Waals surface area contributed by atoms with Crippen LogP contribution < -0.4 is 10.2 Å². The average molecular weight is 405 g/mol. The van der Waals surface area contributed by atoms with Gasteiger partial charge in [0.05, 0.1) is 0 Å². The van der Waals surface area contributed by atoms with Gasteiger partial charge in [-0.3, -0.25) is 4.79 Å². The second-order valence-corrected chi connectivity index (χ2v) is 8.74. The zero-order valence-electron chi connectivity index (χ0n) is 17.8. The molecule has 0 aliphatic carbocycles. The molecule has 0 bridgehead atoms. The molecule has 1 amide bonds. The zero-order chi connectivity index (χ0) is 21.1. The van der Waals surface area contributed by atoms with Crippen LogP contribution in [-0.4, -0.2) is 22.6 Å². The van der Waals surface area contributed by atoms with Crippen LogP contribution in [-0.2, 0) is 23.1 Å². The highest BCUT2D eigenvalue weighted by atomic mass is 16.5. The first kappa shape index (κ1) is 20.1. The van der Waals surface area contributed by atoms with E-state index >= 15 is 0 Å². The van der Waals surface area contributed by atoms with Crippen molar-refractivity contribution in [2.45, 2.75) is 51.9 Å². The van der Waals surface area contributed by atoms with E-state index in [0.717, 1.165) is 24.3 Å². The first-order valence-electron chi connectivity index (χ1n) is 10.5. The molecular weight excluding hydrogens is 376 g/mol. The van der Waals surface area contributed by atoms with Crippen LogP contribution in [0.5, 0.6) is 0 Å². The Bertz CT molecular complexity index is 1020. The topological polar surface area (TPSA) is 71.3 Å². The summed E-state index contributed by atoms with van der Waals surface area (Å²) >= 11 is 0. The number of hydrogen-bond donors (Lipinski definition) is 1. The smallest absolute Gasteiger partial charge is 0.226 e. The van der Waals surface area contributed by atoms with Crippen molar-refractivity contribution in [2.24, 2.45) is 0 Å². The summed E-state index contributed by atoms with van der Waals surface area (Å²) in [7, 11) is 0. The molecule has 2 aromatic carbocycles. The van der Waals surface area contributed by atoms with E-state index in [1.54, 1.807) is 0 Å². The third-order valence-corrected chi connectivity index (χ3v) is 5.28. The van der Waals surface area contributed by atoms with Crippen LogP contribution in [0.25, 0.3) is 0 Å². The summed E-state index contributed by atoms with van der Waals surface area (Å²) < 4.78 is 5.28. The lowest BCUT2D eigenvalue weighted by molar-refractivity contribution is -0.116. The molecule has 6 nitrogen and oxygen atoms in total. The summed E-state index contributed by atoms with van der Waals surface area (Å²) in [5.41, 5.74) is 4.46. The molecule has 1 aliphatic heterocycles. The summed E-state index contributed by atoms with van der Waals surface area (Å²) in [4.78, 5) is 19.0. The molecule has 0 atom stereocenters. The number of nitrogens with one attached hydrogen (secondary N) is 1. The number of aryl methyl sites for hydroxylation is 1. The minimum atomic E-state index is -0.136. The van der Waals surface area contributed by atoms with Crippen molar-refractivity contribution in [3.8, 4) is 0 Å². The number of aromatic nitrogens is 2. The van der Waals surface area contributed by atoms with Gasteiger partial charge < -0.3 is 14.7 Å². The van der Waals surface area contributed by atoms with E-state index in [0.29, 0.717) is 31.0 Å². The first-order chi connectivity index (χ1) is 14.4. The monoisotopic (exact) mass is 404 g/mol. The highest BCUT2D eigenvalue weighted by molar-refractivity contribution is 5.91. The van der Waals surface area contributed by atoms with Crippen LogP contribution in [0.15, 0.2) is 53.1 Å². The van der Waals surface area contributed by atoms with Gasteiger partial charge in [0.2, 0.25) is 11.8 Å². The van der Waals surface area contributed by atoms with Gasteiger partial charge in [-0.25, -0.2) is 0 Å². The maximum absolute atomic E-state index is 12.3. The summed E-state index contributed by atoms with van der Waals surface area (Å²) in [5.74, 6) is 1.27. The Balaban J connectivity index is 1.28. The van der Waals surface area contributed by atoms with Crippen LogP contribution >= 0.6 is 0 Å². The molecule has 0 radical (unpaired) electrons. The molecule has 6 heteroatoms. The van der Waals surface area contributed by atoms with Crippen molar-refractivity contribution in [1.29, 1.82) is 0 Å². The lowest BCUT2D eigenvalue weighted by atomic mass is 9.96. The molecule has 2 heterocycles. The Morgan fingerprint density at radius 3 is 2.63 bits per heavy atom. The average Bonchev–Trinajstić information content (AvgIpc) is 3.36. The highest BCUT2D eigenvalue weighted by Crippen LogP contribution is 2.34. The Labute approximate surface area is 177 Å². The number of fused-ring (bicyclic) bond motifs is 1. The Hall–Kier alpha value is -3.15. The summed E-state index contributed by atoms with van der Waals surface area (Å²) in [6.45, 7) is 7.12. The van der Waals surface area contributed by atoms with Crippen molar-refractivity contribution >= 4 is 23.0 Å². The van der Waals surface area contributed by atoms with Gasteiger partial charge in [-0.1, -0.05) is 44.1 Å². The van der Waals surface area contributed by atoms with Crippen molar-refractivity contribution < 1.29 is 9.32 Å². The summed E-state index contributed by atoms with van der Waals surface area (Å²) in [6.07, 6.45) is 2.74. The van der Waals surface area contributed by atoms with Crippen LogP contribution in [0.4, 0.5) is 17.1 Å². The predicted octanol–water partition coefficient (Wildman–Crippen LogP) is 5.02. The van der Waals surface area contributed by atoms with E-state index in [-0.39, 0.29) is 11.3 Å². The Morgan fingerprint density at radius 2 is 1.90 bits per heavy atom. The maximum Gasteiger partial charge on any atom is 0.226 e. The van der Waals surface area contributed by atoms with Crippen LogP contribution in [0.2, 0.25) is 0 Å². The Morgan fingerprint density at radius 1 is 1.13 bits per heavy atom. The first-order valence-corrected chi connectivity index (χ1v) is 10.5. The fourth-order valence-corrected chi connectivity index (χ4v) is 3.62. The van der Waals surface area contributed by atoms with Crippen molar-refractivity contribution in [3.63, 3.8) is 0 Å². The van der Waals surface area contributed by atoms with Crippen LogP contribution in [0.1, 0.15) is 50.9 Å². The van der Waals surface area contributed by atoms with Gasteiger partial charge in [-0.15, -0.1) is 0 Å². The second-order valence-electron chi connectivity index (χ2n) is 8.74. The number of anilines is 3. The minimum Gasteiger partial charge on any atom is -0.341 e. The fraction of sp³-hybridized carbons (Fsp3) is 0.375. The molecule has 30 heavy (non-hydrogen) atoms. The zero-order valence-corrected chi connectivity index (χ0v) is 17.8. The molecule has 1 aromatic heterocycles. The SMILES string of the molecule is CC(C)(C)c1noc(CCCC(=O)Nc2ccc(N3CCc4ccccc43)cc2)n1. The largest absolute Gasteiger partial charge is 0.341 e. The molecule has 0 unspecified atom stereocenters. The molecule has 1 N–H and O–H groups in total. The number of amides is 1. The van der Waals surface area contributed by atoms with E-state index < -0.39 is 0 Å². The summed E-state index contributed by atoms with van der Waals surface area (Å²) in [6, 6.07) is 16.5. The number of para-hydroxylation sites is 1. The van der Waals surface area contributed by atoms with Gasteiger partial charge in [0.1, 0.15) is 0 Å². The number of hydrogen-bond acceptors (Lipinski definition) is 5. The lowest BCUT2D eigenvalue weighted by Gasteiger charge is -2.20.